The molecule has 5 heteroatoms. The van der Waals surface area contributed by atoms with Crippen molar-refractivity contribution in [3.8, 4) is 0 Å². The van der Waals surface area contributed by atoms with Crippen LogP contribution in [0.4, 0.5) is 5.82 Å². The summed E-state index contributed by atoms with van der Waals surface area (Å²) in [6.45, 7) is 4.43. The molecule has 0 saturated carbocycles. The zero-order valence-electron chi connectivity index (χ0n) is 9.55. The van der Waals surface area contributed by atoms with Crippen LogP contribution < -0.4 is 10.2 Å². The maximum Gasteiger partial charge on any atom is 0.147 e. The van der Waals surface area contributed by atoms with E-state index in [4.69, 9.17) is 11.6 Å². The smallest absolute Gasteiger partial charge is 0.147 e. The number of aromatic nitrogens is 1. The van der Waals surface area contributed by atoms with Crippen molar-refractivity contribution < 1.29 is 0 Å². The number of hydrogen-bond donors (Lipinski definition) is 1. The lowest BCUT2D eigenvalue weighted by Gasteiger charge is -2.23. The number of halogens is 2. The van der Waals surface area contributed by atoms with Gasteiger partial charge in [-0.3, -0.25) is 0 Å². The van der Waals surface area contributed by atoms with Crippen LogP contribution in [0.5, 0.6) is 0 Å². The van der Waals surface area contributed by atoms with Crippen LogP contribution >= 0.6 is 27.5 Å². The van der Waals surface area contributed by atoms with Crippen LogP contribution in [0.3, 0.4) is 0 Å². The molecule has 1 aromatic rings. The molecule has 0 amide bonds. The van der Waals surface area contributed by atoms with Gasteiger partial charge in [-0.1, -0.05) is 11.6 Å². The maximum atomic E-state index is 6.25. The Hall–Kier alpha value is -0.320. The zero-order chi connectivity index (χ0) is 11.9. The minimum atomic E-state index is 0.456. The molecule has 2 aliphatic rings. The minimum absolute atomic E-state index is 0.456. The Morgan fingerprint density at radius 1 is 1.47 bits per heavy atom. The van der Waals surface area contributed by atoms with E-state index in [0.717, 1.165) is 41.5 Å². The van der Waals surface area contributed by atoms with Crippen molar-refractivity contribution in [3.05, 3.63) is 21.8 Å². The summed E-state index contributed by atoms with van der Waals surface area (Å²) in [4.78, 5) is 6.76. The van der Waals surface area contributed by atoms with Crippen LogP contribution in [-0.4, -0.2) is 31.2 Å². The standard InChI is InChI=1S/C12H15BrClN3/c13-9-5-10(14)11(16-6-9)17-4-2-12(8-17)1-3-15-7-12/h5-6,15H,1-4,7-8H2. The summed E-state index contributed by atoms with van der Waals surface area (Å²) in [5, 5.41) is 4.20. The van der Waals surface area contributed by atoms with E-state index in [-0.39, 0.29) is 0 Å². The topological polar surface area (TPSA) is 28.2 Å². The number of rotatable bonds is 1. The van der Waals surface area contributed by atoms with E-state index in [1.54, 1.807) is 0 Å². The average molecular weight is 317 g/mol. The van der Waals surface area contributed by atoms with E-state index >= 15 is 0 Å². The SMILES string of the molecule is Clc1cc(Br)cnc1N1CCC2(CCNC2)C1. The first-order valence-corrected chi connectivity index (χ1v) is 7.12. The monoisotopic (exact) mass is 315 g/mol. The summed E-state index contributed by atoms with van der Waals surface area (Å²) in [6.07, 6.45) is 4.34. The predicted octanol–water partition coefficient (Wildman–Crippen LogP) is 2.69. The molecular formula is C12H15BrClN3. The van der Waals surface area contributed by atoms with Crippen LogP contribution in [-0.2, 0) is 0 Å². The first kappa shape index (κ1) is 11.8. The molecule has 0 aliphatic carbocycles. The van der Waals surface area contributed by atoms with Gasteiger partial charge in [-0.25, -0.2) is 4.98 Å². The molecule has 1 N–H and O–H groups in total. The van der Waals surface area contributed by atoms with E-state index in [1.807, 2.05) is 12.3 Å². The molecule has 3 nitrogen and oxygen atoms in total. The highest BCUT2D eigenvalue weighted by Gasteiger charge is 2.41. The molecule has 17 heavy (non-hydrogen) atoms. The van der Waals surface area contributed by atoms with E-state index in [9.17, 15) is 0 Å². The van der Waals surface area contributed by atoms with Crippen molar-refractivity contribution in [3.63, 3.8) is 0 Å². The first-order chi connectivity index (χ1) is 8.19. The summed E-state index contributed by atoms with van der Waals surface area (Å²) in [5.41, 5.74) is 0.456. The Labute approximate surface area is 115 Å². The predicted molar refractivity (Wildman–Crippen MR) is 73.7 cm³/mol. The van der Waals surface area contributed by atoms with Crippen molar-refractivity contribution in [2.24, 2.45) is 5.41 Å². The summed E-state index contributed by atoms with van der Waals surface area (Å²) < 4.78 is 0.933. The molecule has 0 bridgehead atoms. The van der Waals surface area contributed by atoms with Gasteiger partial charge >= 0.3 is 0 Å². The number of pyridine rings is 1. The molecule has 3 heterocycles. The highest BCUT2D eigenvalue weighted by molar-refractivity contribution is 9.10. The van der Waals surface area contributed by atoms with Crippen LogP contribution in [0.1, 0.15) is 12.8 Å². The largest absolute Gasteiger partial charge is 0.355 e. The van der Waals surface area contributed by atoms with Crippen molar-refractivity contribution in [1.29, 1.82) is 0 Å². The van der Waals surface area contributed by atoms with Gasteiger partial charge in [0.2, 0.25) is 0 Å². The highest BCUT2D eigenvalue weighted by Crippen LogP contribution is 2.39. The molecule has 1 aromatic heterocycles. The normalized spacial score (nSPS) is 28.2. The lowest BCUT2D eigenvalue weighted by molar-refractivity contribution is 0.369. The van der Waals surface area contributed by atoms with E-state index in [2.05, 4.69) is 31.1 Å². The number of hydrogen-bond acceptors (Lipinski definition) is 3. The first-order valence-electron chi connectivity index (χ1n) is 5.95. The molecule has 1 spiro atoms. The van der Waals surface area contributed by atoms with Gasteiger partial charge in [-0.2, -0.15) is 0 Å². The van der Waals surface area contributed by atoms with E-state index in [0.29, 0.717) is 5.41 Å². The van der Waals surface area contributed by atoms with Crippen molar-refractivity contribution in [2.75, 3.05) is 31.1 Å². The quantitative estimate of drug-likeness (QED) is 0.863. The third-order valence-electron chi connectivity index (χ3n) is 3.86. The van der Waals surface area contributed by atoms with Gasteiger partial charge in [0.05, 0.1) is 5.02 Å². The average Bonchev–Trinajstić information content (AvgIpc) is 2.90. The van der Waals surface area contributed by atoms with Crippen molar-refractivity contribution in [1.82, 2.24) is 10.3 Å². The van der Waals surface area contributed by atoms with Gasteiger partial charge in [-0.15, -0.1) is 0 Å². The van der Waals surface area contributed by atoms with E-state index in [1.165, 1.54) is 12.8 Å². The molecule has 2 fully saturated rings. The number of nitrogens with zero attached hydrogens (tertiary/aromatic N) is 2. The van der Waals surface area contributed by atoms with Gasteiger partial charge < -0.3 is 10.2 Å². The Bertz CT molecular complexity index is 432. The van der Waals surface area contributed by atoms with Crippen LogP contribution in [0.25, 0.3) is 0 Å². The molecule has 1 atom stereocenters. The summed E-state index contributed by atoms with van der Waals surface area (Å²) in [7, 11) is 0. The molecule has 0 aromatic carbocycles. The van der Waals surface area contributed by atoms with Crippen LogP contribution in [0, 0.1) is 5.41 Å². The Balaban J connectivity index is 1.82. The van der Waals surface area contributed by atoms with Gasteiger partial charge in [0, 0.05) is 35.7 Å². The maximum absolute atomic E-state index is 6.25. The molecule has 1 unspecified atom stereocenters. The summed E-state index contributed by atoms with van der Waals surface area (Å²) in [6, 6.07) is 1.92. The molecule has 2 aliphatic heterocycles. The lowest BCUT2D eigenvalue weighted by atomic mass is 9.87. The summed E-state index contributed by atoms with van der Waals surface area (Å²) in [5.74, 6) is 0.929. The summed E-state index contributed by atoms with van der Waals surface area (Å²) >= 11 is 9.64. The van der Waals surface area contributed by atoms with E-state index < -0.39 is 0 Å². The van der Waals surface area contributed by atoms with Gasteiger partial charge in [0.1, 0.15) is 5.82 Å². The Morgan fingerprint density at radius 3 is 3.06 bits per heavy atom. The number of anilines is 1. The van der Waals surface area contributed by atoms with Gasteiger partial charge in [0.25, 0.3) is 0 Å². The van der Waals surface area contributed by atoms with Gasteiger partial charge in [0.15, 0.2) is 0 Å². The molecular weight excluding hydrogens is 302 g/mol. The number of nitrogens with one attached hydrogen (secondary N) is 1. The zero-order valence-corrected chi connectivity index (χ0v) is 11.9. The Morgan fingerprint density at radius 2 is 2.35 bits per heavy atom. The van der Waals surface area contributed by atoms with Gasteiger partial charge in [-0.05, 0) is 41.4 Å². The lowest BCUT2D eigenvalue weighted by Crippen LogP contribution is -2.29. The molecule has 2 saturated heterocycles. The third-order valence-corrected chi connectivity index (χ3v) is 4.57. The van der Waals surface area contributed by atoms with Crippen LogP contribution in [0.15, 0.2) is 16.7 Å². The fourth-order valence-corrected chi connectivity index (χ4v) is 3.65. The third kappa shape index (κ3) is 2.18. The molecule has 92 valence electrons. The van der Waals surface area contributed by atoms with Crippen molar-refractivity contribution >= 4 is 33.3 Å². The molecule has 0 radical (unpaired) electrons. The van der Waals surface area contributed by atoms with Crippen LogP contribution in [0.2, 0.25) is 5.02 Å². The Kier molecular flexibility index (Phi) is 3.05. The molecule has 3 rings (SSSR count). The second-order valence-corrected chi connectivity index (χ2v) is 6.38. The fourth-order valence-electron chi connectivity index (χ4n) is 2.90. The van der Waals surface area contributed by atoms with Crippen molar-refractivity contribution in [2.45, 2.75) is 12.8 Å². The second kappa shape index (κ2) is 4.41. The highest BCUT2D eigenvalue weighted by atomic mass is 79.9. The minimum Gasteiger partial charge on any atom is -0.355 e. The fraction of sp³-hybridized carbons (Fsp3) is 0.583. The second-order valence-electron chi connectivity index (χ2n) is 5.06.